The number of aryl methyl sites for hydroxylation is 3. The Labute approximate surface area is 88.4 Å². The quantitative estimate of drug-likeness (QED) is 0.750. The number of aromatic nitrogens is 4. The third-order valence-electron chi connectivity index (χ3n) is 2.31. The highest BCUT2D eigenvalue weighted by atomic mass is 15.4. The van der Waals surface area contributed by atoms with E-state index in [4.69, 9.17) is 0 Å². The molecule has 76 valence electrons. The fourth-order valence-electron chi connectivity index (χ4n) is 1.43. The molecule has 2 aromatic rings. The number of hydrogen-bond donors (Lipinski definition) is 0. The molecule has 1 heterocycles. The van der Waals surface area contributed by atoms with Crippen LogP contribution in [0.25, 0.3) is 0 Å². The van der Waals surface area contributed by atoms with Gasteiger partial charge in [-0.15, -0.1) is 10.2 Å². The molecule has 0 saturated carbocycles. The van der Waals surface area contributed by atoms with E-state index in [9.17, 15) is 0 Å². The van der Waals surface area contributed by atoms with Gasteiger partial charge in [0.1, 0.15) is 0 Å². The van der Waals surface area contributed by atoms with Crippen molar-refractivity contribution >= 4 is 0 Å². The van der Waals surface area contributed by atoms with Gasteiger partial charge < -0.3 is 0 Å². The molecule has 4 nitrogen and oxygen atoms in total. The molecule has 0 aliphatic heterocycles. The molecule has 0 bridgehead atoms. The van der Waals surface area contributed by atoms with Gasteiger partial charge in [-0.05, 0) is 35.8 Å². The predicted octanol–water partition coefficient (Wildman–Crippen LogP) is 1.36. The van der Waals surface area contributed by atoms with E-state index in [2.05, 4.69) is 32.8 Å². The van der Waals surface area contributed by atoms with Crippen LogP contribution in [0.3, 0.4) is 0 Å². The van der Waals surface area contributed by atoms with Crippen molar-refractivity contribution in [3.8, 4) is 0 Å². The first-order valence-corrected chi connectivity index (χ1v) is 4.92. The van der Waals surface area contributed by atoms with Crippen LogP contribution >= 0.6 is 0 Å². The fraction of sp³-hybridized carbons (Fsp3) is 0.273. The summed E-state index contributed by atoms with van der Waals surface area (Å²) < 4.78 is 0. The van der Waals surface area contributed by atoms with Gasteiger partial charge in [-0.2, -0.15) is 0 Å². The Hall–Kier alpha value is -1.84. The monoisotopic (exact) mass is 200 g/mol. The molecule has 2 rings (SSSR count). The third-order valence-corrected chi connectivity index (χ3v) is 2.31. The minimum atomic E-state index is 0.859. The van der Waals surface area contributed by atoms with Crippen molar-refractivity contribution in [2.45, 2.75) is 19.8 Å². The summed E-state index contributed by atoms with van der Waals surface area (Å²) in [6.07, 6.45) is 1.82. The summed E-state index contributed by atoms with van der Waals surface area (Å²) in [7, 11) is 0. The second kappa shape index (κ2) is 4.59. The Kier molecular flexibility index (Phi) is 2.97. The Morgan fingerprint density at radius 1 is 0.933 bits per heavy atom. The largest absolute Gasteiger partial charge is 0.132 e. The van der Waals surface area contributed by atoms with Gasteiger partial charge in [0.15, 0.2) is 0 Å². The molecule has 15 heavy (non-hydrogen) atoms. The number of nitrogens with zero attached hydrogens (tertiary/aromatic N) is 4. The molecule has 0 fully saturated rings. The lowest BCUT2D eigenvalue weighted by Gasteiger charge is -2.01. The Morgan fingerprint density at radius 2 is 1.67 bits per heavy atom. The molecule has 1 aromatic heterocycles. The van der Waals surface area contributed by atoms with Crippen LogP contribution in [0.15, 0.2) is 30.3 Å². The van der Waals surface area contributed by atoms with Crippen molar-refractivity contribution in [1.29, 1.82) is 0 Å². The second-order valence-corrected chi connectivity index (χ2v) is 3.40. The summed E-state index contributed by atoms with van der Waals surface area (Å²) in [6, 6.07) is 10.3. The first-order chi connectivity index (χ1) is 7.36. The minimum absolute atomic E-state index is 0.859. The first-order valence-electron chi connectivity index (χ1n) is 4.92. The standard InChI is InChI=1S/C11H12N4/c1-9-11(13-15-14-12-9)8-7-10-5-3-2-4-6-10/h2-6H,7-8H2,1H3. The van der Waals surface area contributed by atoms with E-state index >= 15 is 0 Å². The SMILES string of the molecule is Cc1nnnnc1CCc1ccccc1. The zero-order valence-corrected chi connectivity index (χ0v) is 8.59. The van der Waals surface area contributed by atoms with E-state index in [1.165, 1.54) is 5.56 Å². The molecule has 0 radical (unpaired) electrons. The first kappa shape index (κ1) is 9.71. The van der Waals surface area contributed by atoms with E-state index in [1.807, 2.05) is 25.1 Å². The Balaban J connectivity index is 2.03. The van der Waals surface area contributed by atoms with Crippen LogP contribution in [0, 0.1) is 6.92 Å². The van der Waals surface area contributed by atoms with Crippen LogP contribution in [0.5, 0.6) is 0 Å². The summed E-state index contributed by atoms with van der Waals surface area (Å²) in [5.41, 5.74) is 3.09. The third kappa shape index (κ3) is 2.56. The lowest BCUT2D eigenvalue weighted by molar-refractivity contribution is 0.695. The zero-order chi connectivity index (χ0) is 10.5. The summed E-state index contributed by atoms with van der Waals surface area (Å²) in [5.74, 6) is 0. The van der Waals surface area contributed by atoms with Crippen LogP contribution in [-0.4, -0.2) is 20.6 Å². The molecule has 0 atom stereocenters. The van der Waals surface area contributed by atoms with Gasteiger partial charge in [-0.3, -0.25) is 0 Å². The van der Waals surface area contributed by atoms with Crippen LogP contribution in [0.1, 0.15) is 17.0 Å². The van der Waals surface area contributed by atoms with Crippen molar-refractivity contribution in [2.24, 2.45) is 0 Å². The van der Waals surface area contributed by atoms with E-state index in [1.54, 1.807) is 0 Å². The van der Waals surface area contributed by atoms with Crippen molar-refractivity contribution in [1.82, 2.24) is 20.6 Å². The van der Waals surface area contributed by atoms with Crippen molar-refractivity contribution in [3.05, 3.63) is 47.3 Å². The molecule has 0 aliphatic carbocycles. The van der Waals surface area contributed by atoms with Crippen LogP contribution in [0.2, 0.25) is 0 Å². The van der Waals surface area contributed by atoms with Gasteiger partial charge >= 0.3 is 0 Å². The molecular weight excluding hydrogens is 188 g/mol. The van der Waals surface area contributed by atoms with Gasteiger partial charge in [0.2, 0.25) is 0 Å². The molecule has 0 spiro atoms. The molecule has 0 unspecified atom stereocenters. The smallest absolute Gasteiger partial charge is 0.0883 e. The van der Waals surface area contributed by atoms with Crippen LogP contribution in [-0.2, 0) is 12.8 Å². The van der Waals surface area contributed by atoms with E-state index in [0.29, 0.717) is 0 Å². The number of rotatable bonds is 3. The molecular formula is C11H12N4. The van der Waals surface area contributed by atoms with Gasteiger partial charge in [0.05, 0.1) is 11.4 Å². The van der Waals surface area contributed by atoms with Gasteiger partial charge in [0, 0.05) is 0 Å². The highest BCUT2D eigenvalue weighted by Crippen LogP contribution is 2.05. The minimum Gasteiger partial charge on any atom is -0.132 e. The average molecular weight is 200 g/mol. The highest BCUT2D eigenvalue weighted by molar-refractivity contribution is 5.16. The van der Waals surface area contributed by atoms with Gasteiger partial charge in [0.25, 0.3) is 0 Å². The van der Waals surface area contributed by atoms with Crippen molar-refractivity contribution in [2.75, 3.05) is 0 Å². The summed E-state index contributed by atoms with van der Waals surface area (Å²) in [5, 5.41) is 14.9. The van der Waals surface area contributed by atoms with Gasteiger partial charge in [-0.25, -0.2) is 0 Å². The van der Waals surface area contributed by atoms with Crippen LogP contribution < -0.4 is 0 Å². The maximum Gasteiger partial charge on any atom is 0.0883 e. The summed E-state index contributed by atoms with van der Waals surface area (Å²) in [6.45, 7) is 1.90. The summed E-state index contributed by atoms with van der Waals surface area (Å²) in [4.78, 5) is 0. The van der Waals surface area contributed by atoms with Crippen LogP contribution in [0.4, 0.5) is 0 Å². The lowest BCUT2D eigenvalue weighted by Crippen LogP contribution is -2.04. The molecule has 1 aromatic carbocycles. The molecule has 0 aliphatic rings. The van der Waals surface area contributed by atoms with E-state index < -0.39 is 0 Å². The highest BCUT2D eigenvalue weighted by Gasteiger charge is 2.02. The predicted molar refractivity (Wildman–Crippen MR) is 56.2 cm³/mol. The summed E-state index contributed by atoms with van der Waals surface area (Å²) >= 11 is 0. The normalized spacial score (nSPS) is 10.2. The van der Waals surface area contributed by atoms with Crippen molar-refractivity contribution < 1.29 is 0 Å². The zero-order valence-electron chi connectivity index (χ0n) is 8.59. The molecule has 4 heteroatoms. The van der Waals surface area contributed by atoms with E-state index in [0.717, 1.165) is 24.2 Å². The average Bonchev–Trinajstić information content (AvgIpc) is 2.29. The Bertz CT molecular complexity index is 428. The van der Waals surface area contributed by atoms with Gasteiger partial charge in [-0.1, -0.05) is 30.3 Å². The lowest BCUT2D eigenvalue weighted by atomic mass is 10.1. The molecule has 0 saturated heterocycles. The Morgan fingerprint density at radius 3 is 2.40 bits per heavy atom. The van der Waals surface area contributed by atoms with Crippen molar-refractivity contribution in [3.63, 3.8) is 0 Å². The maximum atomic E-state index is 3.97. The number of benzene rings is 1. The molecule has 0 N–H and O–H groups in total. The topological polar surface area (TPSA) is 51.6 Å². The van der Waals surface area contributed by atoms with E-state index in [-0.39, 0.29) is 0 Å². The second-order valence-electron chi connectivity index (χ2n) is 3.40. The maximum absolute atomic E-state index is 3.97. The fourth-order valence-corrected chi connectivity index (χ4v) is 1.43. The number of hydrogen-bond acceptors (Lipinski definition) is 4. The molecule has 0 amide bonds.